The summed E-state index contributed by atoms with van der Waals surface area (Å²) in [6.07, 6.45) is 3.06. The van der Waals surface area contributed by atoms with Crippen molar-refractivity contribution < 1.29 is 9.90 Å². The molecule has 1 atom stereocenters. The van der Waals surface area contributed by atoms with E-state index < -0.39 is 5.60 Å². The molecule has 0 aromatic carbocycles. The van der Waals surface area contributed by atoms with Gasteiger partial charge in [-0.1, -0.05) is 0 Å². The van der Waals surface area contributed by atoms with Gasteiger partial charge in [-0.25, -0.2) is 4.98 Å². The number of hydrogen-bond acceptors (Lipinski definition) is 4. The Labute approximate surface area is 100 Å². The summed E-state index contributed by atoms with van der Waals surface area (Å²) in [5, 5.41) is 9.96. The van der Waals surface area contributed by atoms with Crippen LogP contribution in [0.25, 0.3) is 0 Å². The zero-order chi connectivity index (χ0) is 12.5. The van der Waals surface area contributed by atoms with Gasteiger partial charge in [-0.3, -0.25) is 4.79 Å². The molecule has 0 radical (unpaired) electrons. The maximum atomic E-state index is 12.2. The SMILES string of the molecule is CC1(O)CCCN(C(=O)c2ncccc2N)C1. The van der Waals surface area contributed by atoms with Crippen molar-refractivity contribution in [2.45, 2.75) is 25.4 Å². The first-order valence-corrected chi connectivity index (χ1v) is 5.72. The minimum Gasteiger partial charge on any atom is -0.397 e. The lowest BCUT2D eigenvalue weighted by Gasteiger charge is -2.36. The number of anilines is 1. The van der Waals surface area contributed by atoms with Crippen molar-refractivity contribution in [3.8, 4) is 0 Å². The minimum atomic E-state index is -0.808. The highest BCUT2D eigenvalue weighted by Gasteiger charge is 2.32. The average Bonchev–Trinajstić information content (AvgIpc) is 2.27. The number of amides is 1. The second-order valence-electron chi connectivity index (χ2n) is 4.77. The molecule has 1 fully saturated rings. The molecule has 0 saturated carbocycles. The Morgan fingerprint density at radius 1 is 1.65 bits per heavy atom. The number of pyridine rings is 1. The Morgan fingerprint density at radius 3 is 3.06 bits per heavy atom. The number of likely N-dealkylation sites (tertiary alicyclic amines) is 1. The molecule has 0 aliphatic carbocycles. The molecule has 1 aromatic heterocycles. The number of nitrogens with two attached hydrogens (primary N) is 1. The van der Waals surface area contributed by atoms with Gasteiger partial charge >= 0.3 is 0 Å². The zero-order valence-corrected chi connectivity index (χ0v) is 9.89. The molecule has 1 saturated heterocycles. The fourth-order valence-electron chi connectivity index (χ4n) is 2.14. The predicted octanol–water partition coefficient (Wildman–Crippen LogP) is 0.651. The number of carbonyl (C=O) groups is 1. The number of rotatable bonds is 1. The van der Waals surface area contributed by atoms with Gasteiger partial charge in [-0.15, -0.1) is 0 Å². The predicted molar refractivity (Wildman–Crippen MR) is 64.4 cm³/mol. The molecule has 5 heteroatoms. The minimum absolute atomic E-state index is 0.205. The summed E-state index contributed by atoms with van der Waals surface area (Å²) < 4.78 is 0. The van der Waals surface area contributed by atoms with Crippen LogP contribution in [-0.2, 0) is 0 Å². The van der Waals surface area contributed by atoms with E-state index >= 15 is 0 Å². The largest absolute Gasteiger partial charge is 0.397 e. The molecule has 0 bridgehead atoms. The van der Waals surface area contributed by atoms with E-state index in [4.69, 9.17) is 5.73 Å². The fourth-order valence-corrected chi connectivity index (χ4v) is 2.14. The van der Waals surface area contributed by atoms with Gasteiger partial charge in [0, 0.05) is 19.3 Å². The maximum absolute atomic E-state index is 12.2. The number of β-amino-alcohol motifs (C(OH)–C–C–N with tert-alkyl or cyclic N) is 1. The summed E-state index contributed by atoms with van der Waals surface area (Å²) >= 11 is 0. The van der Waals surface area contributed by atoms with Crippen LogP contribution in [0.2, 0.25) is 0 Å². The van der Waals surface area contributed by atoms with E-state index in [9.17, 15) is 9.90 Å². The molecule has 92 valence electrons. The van der Waals surface area contributed by atoms with Crippen molar-refractivity contribution in [1.29, 1.82) is 0 Å². The maximum Gasteiger partial charge on any atom is 0.274 e. The van der Waals surface area contributed by atoms with Crippen molar-refractivity contribution in [3.63, 3.8) is 0 Å². The van der Waals surface area contributed by atoms with E-state index in [1.165, 1.54) is 0 Å². The smallest absolute Gasteiger partial charge is 0.274 e. The Kier molecular flexibility index (Phi) is 3.02. The first-order chi connectivity index (χ1) is 7.99. The normalized spacial score (nSPS) is 24.7. The second kappa shape index (κ2) is 4.33. The Morgan fingerprint density at radius 2 is 2.41 bits per heavy atom. The van der Waals surface area contributed by atoms with Crippen molar-refractivity contribution >= 4 is 11.6 Å². The molecule has 1 aliphatic heterocycles. The van der Waals surface area contributed by atoms with Crippen LogP contribution in [0.5, 0.6) is 0 Å². The van der Waals surface area contributed by atoms with Crippen molar-refractivity contribution in [1.82, 2.24) is 9.88 Å². The first-order valence-electron chi connectivity index (χ1n) is 5.72. The van der Waals surface area contributed by atoms with Gasteiger partial charge in [0.2, 0.25) is 0 Å². The van der Waals surface area contributed by atoms with Crippen molar-refractivity contribution in [2.75, 3.05) is 18.8 Å². The van der Waals surface area contributed by atoms with Crippen LogP contribution in [0.15, 0.2) is 18.3 Å². The van der Waals surface area contributed by atoms with Crippen LogP contribution in [-0.4, -0.2) is 39.6 Å². The molecule has 2 rings (SSSR count). The number of aromatic nitrogens is 1. The monoisotopic (exact) mass is 235 g/mol. The van der Waals surface area contributed by atoms with Crippen LogP contribution in [0.1, 0.15) is 30.3 Å². The summed E-state index contributed by atoms with van der Waals surface area (Å²) in [5.41, 5.74) is 5.56. The lowest BCUT2D eigenvalue weighted by Crippen LogP contribution is -2.48. The van der Waals surface area contributed by atoms with E-state index in [0.29, 0.717) is 25.2 Å². The molecule has 1 amide bonds. The number of nitrogens with zero attached hydrogens (tertiary/aromatic N) is 2. The Bertz CT molecular complexity index is 432. The second-order valence-corrected chi connectivity index (χ2v) is 4.77. The number of carbonyl (C=O) groups excluding carboxylic acids is 1. The number of aliphatic hydroxyl groups is 1. The van der Waals surface area contributed by atoms with Crippen LogP contribution in [0.4, 0.5) is 5.69 Å². The quantitative estimate of drug-likeness (QED) is 0.749. The van der Waals surface area contributed by atoms with Crippen LogP contribution >= 0.6 is 0 Å². The molecule has 2 heterocycles. The number of nitrogen functional groups attached to an aromatic ring is 1. The number of hydrogen-bond donors (Lipinski definition) is 2. The van der Waals surface area contributed by atoms with E-state index in [-0.39, 0.29) is 11.6 Å². The highest BCUT2D eigenvalue weighted by Crippen LogP contribution is 2.22. The molecule has 1 aliphatic rings. The lowest BCUT2D eigenvalue weighted by molar-refractivity contribution is -0.0109. The fraction of sp³-hybridized carbons (Fsp3) is 0.500. The van der Waals surface area contributed by atoms with E-state index in [0.717, 1.165) is 6.42 Å². The van der Waals surface area contributed by atoms with E-state index in [1.807, 2.05) is 0 Å². The van der Waals surface area contributed by atoms with Gasteiger partial charge in [0.1, 0.15) is 0 Å². The number of piperidine rings is 1. The van der Waals surface area contributed by atoms with Gasteiger partial charge in [-0.05, 0) is 31.9 Å². The molecule has 1 aromatic rings. The summed E-state index contributed by atoms with van der Waals surface area (Å²) in [5.74, 6) is -0.205. The highest BCUT2D eigenvalue weighted by atomic mass is 16.3. The standard InChI is InChI=1S/C12H17N3O2/c1-12(17)5-3-7-15(8-12)11(16)10-9(13)4-2-6-14-10/h2,4,6,17H,3,5,7-8,13H2,1H3. The third-order valence-electron chi connectivity index (χ3n) is 3.00. The third kappa shape index (κ3) is 2.55. The molecule has 1 unspecified atom stereocenters. The van der Waals surface area contributed by atoms with Crippen LogP contribution in [0.3, 0.4) is 0 Å². The van der Waals surface area contributed by atoms with Gasteiger partial charge in [0.15, 0.2) is 5.69 Å². The molecule has 3 N–H and O–H groups in total. The topological polar surface area (TPSA) is 79.5 Å². The molecular formula is C12H17N3O2. The highest BCUT2D eigenvalue weighted by molar-refractivity contribution is 5.97. The summed E-state index contributed by atoms with van der Waals surface area (Å²) in [7, 11) is 0. The average molecular weight is 235 g/mol. The molecule has 5 nitrogen and oxygen atoms in total. The summed E-state index contributed by atoms with van der Waals surface area (Å²) in [4.78, 5) is 17.8. The summed E-state index contributed by atoms with van der Waals surface area (Å²) in [6.45, 7) is 2.72. The lowest BCUT2D eigenvalue weighted by atomic mass is 9.95. The molecule has 0 spiro atoms. The Hall–Kier alpha value is -1.62. The van der Waals surface area contributed by atoms with Crippen LogP contribution in [0, 0.1) is 0 Å². The molecule has 17 heavy (non-hydrogen) atoms. The zero-order valence-electron chi connectivity index (χ0n) is 9.89. The van der Waals surface area contributed by atoms with E-state index in [2.05, 4.69) is 4.98 Å². The van der Waals surface area contributed by atoms with Gasteiger partial charge < -0.3 is 15.7 Å². The van der Waals surface area contributed by atoms with Gasteiger partial charge in [0.05, 0.1) is 11.3 Å². The third-order valence-corrected chi connectivity index (χ3v) is 3.00. The Balaban J connectivity index is 2.18. The first kappa shape index (κ1) is 11.9. The van der Waals surface area contributed by atoms with Crippen molar-refractivity contribution in [3.05, 3.63) is 24.0 Å². The van der Waals surface area contributed by atoms with Crippen molar-refractivity contribution in [2.24, 2.45) is 0 Å². The van der Waals surface area contributed by atoms with Gasteiger partial charge in [-0.2, -0.15) is 0 Å². The van der Waals surface area contributed by atoms with E-state index in [1.54, 1.807) is 30.2 Å². The molecular weight excluding hydrogens is 218 g/mol. The van der Waals surface area contributed by atoms with Gasteiger partial charge in [0.25, 0.3) is 5.91 Å². The van der Waals surface area contributed by atoms with Crippen LogP contribution < -0.4 is 5.73 Å². The summed E-state index contributed by atoms with van der Waals surface area (Å²) in [6, 6.07) is 3.35.